The molecule has 0 spiro atoms. The minimum atomic E-state index is -1.42. The molecular weight excluding hydrogens is 410 g/mol. The largest absolute Gasteiger partial charge is 0.591 e. The average Bonchev–Trinajstić information content (AvgIpc) is 3.18. The fourth-order valence-electron chi connectivity index (χ4n) is 3.52. The van der Waals surface area contributed by atoms with Gasteiger partial charge in [-0.25, -0.2) is 4.98 Å². The van der Waals surface area contributed by atoms with Crippen LogP contribution in [0.25, 0.3) is 33.3 Å². The number of fused-ring (bicyclic) bond motifs is 2. The van der Waals surface area contributed by atoms with Crippen LogP contribution in [0.1, 0.15) is 38.8 Å². The number of aryl methyl sites for hydroxylation is 1. The molecule has 1 atom stereocenters. The highest BCUT2D eigenvalue weighted by molar-refractivity contribution is 7.91. The van der Waals surface area contributed by atoms with Gasteiger partial charge in [-0.3, -0.25) is 9.36 Å². The van der Waals surface area contributed by atoms with Gasteiger partial charge < -0.3 is 8.97 Å². The Bertz CT molecular complexity index is 1390. The number of hydrogen-bond acceptors (Lipinski definition) is 5. The van der Waals surface area contributed by atoms with E-state index in [2.05, 4.69) is 4.40 Å². The summed E-state index contributed by atoms with van der Waals surface area (Å²) in [6.45, 7) is 9.37. The molecule has 0 saturated carbocycles. The van der Waals surface area contributed by atoms with E-state index in [4.69, 9.17) is 9.40 Å². The molecule has 2 heterocycles. The summed E-state index contributed by atoms with van der Waals surface area (Å²) in [6.07, 6.45) is 1.63. The molecule has 0 amide bonds. The Hall–Kier alpha value is -2.90. The summed E-state index contributed by atoms with van der Waals surface area (Å²) < 4.78 is 23.8. The predicted octanol–water partition coefficient (Wildman–Crippen LogP) is 4.93. The first kappa shape index (κ1) is 21.3. The van der Waals surface area contributed by atoms with Crippen molar-refractivity contribution in [3.05, 3.63) is 64.1 Å². The van der Waals surface area contributed by atoms with Crippen LogP contribution in [0, 0.1) is 6.92 Å². The summed E-state index contributed by atoms with van der Waals surface area (Å²) in [5.41, 5.74) is 4.01. The van der Waals surface area contributed by atoms with Gasteiger partial charge in [0.1, 0.15) is 27.5 Å². The minimum absolute atomic E-state index is 0.154. The van der Waals surface area contributed by atoms with Crippen LogP contribution < -0.4 is 5.56 Å². The second-order valence-corrected chi connectivity index (χ2v) is 10.6. The zero-order chi connectivity index (χ0) is 22.5. The topological polar surface area (TPSA) is 83.5 Å². The van der Waals surface area contributed by atoms with Crippen molar-refractivity contribution >= 4 is 38.9 Å². The van der Waals surface area contributed by atoms with Crippen molar-refractivity contribution < 1.29 is 8.97 Å². The quantitative estimate of drug-likeness (QED) is 0.337. The normalized spacial score (nSPS) is 13.8. The van der Waals surface area contributed by atoms with E-state index in [-0.39, 0.29) is 5.56 Å². The summed E-state index contributed by atoms with van der Waals surface area (Å²) in [7, 11) is 1.71. The van der Waals surface area contributed by atoms with E-state index in [0.29, 0.717) is 33.6 Å². The van der Waals surface area contributed by atoms with Gasteiger partial charge in [0.05, 0.1) is 28.4 Å². The molecule has 1 unspecified atom stereocenters. The summed E-state index contributed by atoms with van der Waals surface area (Å²) in [5, 5.41) is 1.44. The van der Waals surface area contributed by atoms with Gasteiger partial charge in [-0.15, -0.1) is 0 Å². The van der Waals surface area contributed by atoms with Crippen molar-refractivity contribution in [2.24, 2.45) is 11.4 Å². The number of para-hydroxylation sites is 1. The molecule has 0 aliphatic rings. The standard InChI is InChI=1S/C24H25N3O3S/c1-14-12-18(15(2)26-31(29)24(3,4)5)20-19(13-14)23(28)27(6)22(25-20)17-9-7-8-16-10-11-30-21(16)17/h7-13H,1-6H3. The summed E-state index contributed by atoms with van der Waals surface area (Å²) in [6, 6.07) is 11.4. The van der Waals surface area contributed by atoms with Crippen molar-refractivity contribution in [2.45, 2.75) is 39.4 Å². The fourth-order valence-corrected chi connectivity index (χ4v) is 4.14. The molecule has 0 aliphatic heterocycles. The molecular formula is C24H25N3O3S. The summed E-state index contributed by atoms with van der Waals surface area (Å²) in [5.74, 6) is 0.507. The maximum absolute atomic E-state index is 13.3. The molecule has 2 aromatic heterocycles. The molecule has 0 saturated heterocycles. The molecule has 0 bridgehead atoms. The Balaban J connectivity index is 2.03. The zero-order valence-electron chi connectivity index (χ0n) is 18.5. The minimum Gasteiger partial charge on any atom is -0.591 e. The number of aromatic nitrogens is 2. The maximum atomic E-state index is 13.3. The lowest BCUT2D eigenvalue weighted by atomic mass is 10.0. The van der Waals surface area contributed by atoms with Crippen LogP contribution in [0.2, 0.25) is 0 Å². The van der Waals surface area contributed by atoms with Crippen molar-refractivity contribution in [2.75, 3.05) is 0 Å². The van der Waals surface area contributed by atoms with Gasteiger partial charge in [0.25, 0.3) is 5.56 Å². The van der Waals surface area contributed by atoms with E-state index in [1.165, 1.54) is 0 Å². The molecule has 4 rings (SSSR count). The molecule has 0 fully saturated rings. The first-order valence-corrected chi connectivity index (χ1v) is 11.1. The smallest absolute Gasteiger partial charge is 0.261 e. The molecule has 160 valence electrons. The van der Waals surface area contributed by atoms with E-state index >= 15 is 0 Å². The van der Waals surface area contributed by atoms with Crippen molar-refractivity contribution in [3.63, 3.8) is 0 Å². The Morgan fingerprint density at radius 3 is 2.68 bits per heavy atom. The highest BCUT2D eigenvalue weighted by atomic mass is 32.2. The van der Waals surface area contributed by atoms with E-state index in [0.717, 1.165) is 16.5 Å². The van der Waals surface area contributed by atoms with Gasteiger partial charge >= 0.3 is 0 Å². The molecule has 0 aliphatic carbocycles. The number of benzene rings is 2. The van der Waals surface area contributed by atoms with Crippen LogP contribution in [0.15, 0.2) is 56.3 Å². The monoisotopic (exact) mass is 435 g/mol. The lowest BCUT2D eigenvalue weighted by Crippen LogP contribution is -2.27. The van der Waals surface area contributed by atoms with Crippen LogP contribution >= 0.6 is 0 Å². The number of hydrogen-bond donors (Lipinski definition) is 0. The third-order valence-corrected chi connectivity index (χ3v) is 6.67. The Kier molecular flexibility index (Phi) is 5.27. The van der Waals surface area contributed by atoms with E-state index in [9.17, 15) is 9.35 Å². The molecule has 2 aromatic carbocycles. The zero-order valence-corrected chi connectivity index (χ0v) is 19.3. The van der Waals surface area contributed by atoms with Crippen molar-refractivity contribution in [1.82, 2.24) is 9.55 Å². The molecule has 31 heavy (non-hydrogen) atoms. The first-order valence-electron chi connectivity index (χ1n) is 10.0. The lowest BCUT2D eigenvalue weighted by molar-refractivity contribution is 0.561. The highest BCUT2D eigenvalue weighted by Gasteiger charge is 2.27. The van der Waals surface area contributed by atoms with Crippen LogP contribution in [-0.2, 0) is 18.4 Å². The molecule has 6 nitrogen and oxygen atoms in total. The lowest BCUT2D eigenvalue weighted by Gasteiger charge is -2.19. The Morgan fingerprint density at radius 1 is 1.23 bits per heavy atom. The summed E-state index contributed by atoms with van der Waals surface area (Å²) >= 11 is -1.42. The van der Waals surface area contributed by atoms with Gasteiger partial charge in [-0.05, 0) is 64.4 Å². The number of rotatable bonds is 3. The highest BCUT2D eigenvalue weighted by Crippen LogP contribution is 2.29. The van der Waals surface area contributed by atoms with Crippen molar-refractivity contribution in [1.29, 1.82) is 0 Å². The van der Waals surface area contributed by atoms with Crippen LogP contribution in [0.5, 0.6) is 0 Å². The van der Waals surface area contributed by atoms with Crippen LogP contribution in [-0.4, -0.2) is 24.6 Å². The van der Waals surface area contributed by atoms with Crippen LogP contribution in [0.3, 0.4) is 0 Å². The Morgan fingerprint density at radius 2 is 1.97 bits per heavy atom. The molecule has 0 N–H and O–H groups in total. The molecule has 7 heteroatoms. The molecule has 4 aromatic rings. The number of nitrogens with zero attached hydrogens (tertiary/aromatic N) is 3. The first-order chi connectivity index (χ1) is 14.6. The average molecular weight is 436 g/mol. The Labute approximate surface area is 184 Å². The SMILES string of the molecule is CC(=N[S+]([O-])C(C)(C)C)c1cc(C)cc2c(=O)n(C)c(-c3cccc4ccoc34)nc12. The van der Waals surface area contributed by atoms with Crippen molar-refractivity contribution in [3.8, 4) is 11.4 Å². The number of furan rings is 1. The molecule has 0 radical (unpaired) electrons. The third-order valence-electron chi connectivity index (χ3n) is 5.18. The van der Waals surface area contributed by atoms with E-state index < -0.39 is 16.1 Å². The second kappa shape index (κ2) is 7.66. The van der Waals surface area contributed by atoms with Gasteiger partial charge in [0, 0.05) is 18.0 Å². The van der Waals surface area contributed by atoms with Crippen LogP contribution in [0.4, 0.5) is 0 Å². The van der Waals surface area contributed by atoms with Gasteiger partial charge in [0.15, 0.2) is 0 Å². The third kappa shape index (κ3) is 3.79. The van der Waals surface area contributed by atoms with E-state index in [1.54, 1.807) is 17.9 Å². The fraction of sp³-hybridized carbons (Fsp3) is 0.292. The van der Waals surface area contributed by atoms with Gasteiger partial charge in [-0.2, -0.15) is 0 Å². The van der Waals surface area contributed by atoms with Gasteiger partial charge in [0.2, 0.25) is 0 Å². The van der Waals surface area contributed by atoms with E-state index in [1.807, 2.05) is 71.0 Å². The maximum Gasteiger partial charge on any atom is 0.261 e. The van der Waals surface area contributed by atoms with Gasteiger partial charge in [-0.1, -0.05) is 16.5 Å². The summed E-state index contributed by atoms with van der Waals surface area (Å²) in [4.78, 5) is 18.2. The second-order valence-electron chi connectivity index (χ2n) is 8.69. The predicted molar refractivity (Wildman–Crippen MR) is 127 cm³/mol.